The molecule has 6 nitrogen and oxygen atoms in total. The lowest BCUT2D eigenvalue weighted by Gasteiger charge is -2.06. The second kappa shape index (κ2) is 6.18. The lowest BCUT2D eigenvalue weighted by molar-refractivity contribution is -0.710. The van der Waals surface area contributed by atoms with Gasteiger partial charge in [0.15, 0.2) is 6.04 Å². The van der Waals surface area contributed by atoms with Gasteiger partial charge in [0.2, 0.25) is 6.33 Å². The smallest absolute Gasteiger partial charge is 0.349 e. The minimum absolute atomic E-state index is 0. The summed E-state index contributed by atoms with van der Waals surface area (Å²) >= 11 is 0. The second-order valence-electron chi connectivity index (χ2n) is 2.85. The summed E-state index contributed by atoms with van der Waals surface area (Å²) in [6.07, 6.45) is 4.54. The molecule has 84 valence electrons. The van der Waals surface area contributed by atoms with Crippen LogP contribution in [0, 0.1) is 0 Å². The summed E-state index contributed by atoms with van der Waals surface area (Å²) in [5, 5.41) is 17.3. The number of imidazole rings is 1. The topological polar surface area (TPSA) is 94.3 Å². The summed E-state index contributed by atoms with van der Waals surface area (Å²) in [5.74, 6) is -2.02. The van der Waals surface area contributed by atoms with Gasteiger partial charge in [0.1, 0.15) is 12.4 Å². The quantitative estimate of drug-likeness (QED) is 0.495. The van der Waals surface area contributed by atoms with E-state index in [9.17, 15) is 9.59 Å². The summed E-state index contributed by atoms with van der Waals surface area (Å²) in [6.45, 7) is 0. The molecule has 0 aliphatic rings. The number of rotatable bonds is 5. The van der Waals surface area contributed by atoms with Crippen LogP contribution in [0.25, 0.3) is 0 Å². The number of carbonyl (C=O) groups is 2. The number of halogens is 1. The lowest BCUT2D eigenvalue weighted by atomic mass is 10.1. The Hall–Kier alpha value is -1.37. The highest BCUT2D eigenvalue weighted by atomic mass is 79.9. The Labute approximate surface area is 96.3 Å². The van der Waals surface area contributed by atoms with E-state index in [1.54, 1.807) is 12.4 Å². The molecule has 15 heavy (non-hydrogen) atoms. The van der Waals surface area contributed by atoms with Crippen molar-refractivity contribution in [2.45, 2.75) is 18.9 Å². The maximum atomic E-state index is 10.8. The van der Waals surface area contributed by atoms with Crippen molar-refractivity contribution in [2.24, 2.45) is 0 Å². The zero-order chi connectivity index (χ0) is 10.6. The number of H-pyrrole nitrogens is 1. The normalized spacial score (nSPS) is 11.5. The third-order valence-corrected chi connectivity index (χ3v) is 1.84. The third kappa shape index (κ3) is 4.11. The number of aromatic nitrogens is 2. The first-order valence-electron chi connectivity index (χ1n) is 4.09. The summed E-state index contributed by atoms with van der Waals surface area (Å²) in [6, 6.07) is -0.822. The number of nitrogens with one attached hydrogen (secondary N) is 1. The number of nitrogens with zero attached hydrogens (tertiary/aromatic N) is 1. The average Bonchev–Trinajstić information content (AvgIpc) is 2.56. The van der Waals surface area contributed by atoms with Gasteiger partial charge in [0.05, 0.1) is 0 Å². The molecule has 0 bridgehead atoms. The summed E-state index contributed by atoms with van der Waals surface area (Å²) in [4.78, 5) is 23.8. The Morgan fingerprint density at radius 3 is 2.47 bits per heavy atom. The molecular formula is C8H11BrN2O4. The van der Waals surface area contributed by atoms with Gasteiger partial charge in [-0.3, -0.25) is 9.78 Å². The van der Waals surface area contributed by atoms with E-state index in [1.807, 2.05) is 0 Å². The van der Waals surface area contributed by atoms with Crippen molar-refractivity contribution >= 4 is 11.9 Å². The zero-order valence-electron chi connectivity index (χ0n) is 7.76. The Balaban J connectivity index is 0.00000196. The number of carboxylic acids is 2. The van der Waals surface area contributed by atoms with Crippen molar-refractivity contribution in [1.29, 1.82) is 0 Å². The van der Waals surface area contributed by atoms with Crippen LogP contribution in [0.3, 0.4) is 0 Å². The Kier molecular flexibility index (Phi) is 5.61. The molecule has 1 atom stereocenters. The van der Waals surface area contributed by atoms with Crippen LogP contribution in [0.15, 0.2) is 18.7 Å². The maximum absolute atomic E-state index is 10.8. The molecule has 0 radical (unpaired) electrons. The third-order valence-electron chi connectivity index (χ3n) is 1.84. The van der Waals surface area contributed by atoms with Gasteiger partial charge in [0, 0.05) is 12.8 Å². The fraction of sp³-hybridized carbons (Fsp3) is 0.375. The highest BCUT2D eigenvalue weighted by molar-refractivity contribution is 5.72. The van der Waals surface area contributed by atoms with E-state index in [2.05, 4.69) is 4.98 Å². The van der Waals surface area contributed by atoms with Gasteiger partial charge in [-0.1, -0.05) is 0 Å². The fourth-order valence-corrected chi connectivity index (χ4v) is 1.16. The van der Waals surface area contributed by atoms with Crippen LogP contribution in [0.5, 0.6) is 0 Å². The van der Waals surface area contributed by atoms with Crippen molar-refractivity contribution in [2.75, 3.05) is 0 Å². The van der Waals surface area contributed by atoms with Crippen LogP contribution in [0.4, 0.5) is 0 Å². The van der Waals surface area contributed by atoms with Gasteiger partial charge >= 0.3 is 11.9 Å². The number of aromatic amines is 1. The van der Waals surface area contributed by atoms with Crippen LogP contribution in [0.1, 0.15) is 18.9 Å². The van der Waals surface area contributed by atoms with Crippen molar-refractivity contribution in [3.05, 3.63) is 18.7 Å². The minimum Gasteiger partial charge on any atom is -1.00 e. The molecule has 0 aliphatic carbocycles. The van der Waals surface area contributed by atoms with E-state index in [1.165, 1.54) is 10.9 Å². The van der Waals surface area contributed by atoms with E-state index >= 15 is 0 Å². The summed E-state index contributed by atoms with van der Waals surface area (Å²) in [5.41, 5.74) is 0. The highest BCUT2D eigenvalue weighted by Crippen LogP contribution is 2.06. The zero-order valence-corrected chi connectivity index (χ0v) is 9.35. The SMILES string of the molecule is O=C(O)CCC(C(=O)O)[n+]1cc[nH]c1.[Br-]. The molecule has 0 amide bonds. The van der Waals surface area contributed by atoms with Crippen LogP contribution >= 0.6 is 0 Å². The monoisotopic (exact) mass is 278 g/mol. The average molecular weight is 279 g/mol. The van der Waals surface area contributed by atoms with Crippen molar-refractivity contribution in [3.8, 4) is 0 Å². The van der Waals surface area contributed by atoms with Crippen molar-refractivity contribution in [3.63, 3.8) is 0 Å². The molecule has 1 rings (SSSR count). The molecular weight excluding hydrogens is 268 g/mol. The Bertz CT molecular complexity index is 325. The lowest BCUT2D eigenvalue weighted by Crippen LogP contribution is -3.00. The predicted molar refractivity (Wildman–Crippen MR) is 44.5 cm³/mol. The van der Waals surface area contributed by atoms with Gasteiger partial charge in [-0.2, -0.15) is 0 Å². The first-order chi connectivity index (χ1) is 6.61. The van der Waals surface area contributed by atoms with Crippen LogP contribution < -0.4 is 21.5 Å². The van der Waals surface area contributed by atoms with Gasteiger partial charge < -0.3 is 27.2 Å². The van der Waals surface area contributed by atoms with Gasteiger partial charge in [-0.05, 0) is 0 Å². The first-order valence-corrected chi connectivity index (χ1v) is 4.09. The standard InChI is InChI=1S/C8H10N2O4.BrH/c11-7(12)2-1-6(8(13)14)10-4-3-9-5-10;/h3-6H,1-2H2,(H2,11,12,13,14);1H. The van der Waals surface area contributed by atoms with Gasteiger partial charge in [0.25, 0.3) is 0 Å². The highest BCUT2D eigenvalue weighted by Gasteiger charge is 2.24. The maximum Gasteiger partial charge on any atom is 0.349 e. The number of hydrogen-bond acceptors (Lipinski definition) is 2. The molecule has 1 unspecified atom stereocenters. The van der Waals surface area contributed by atoms with Crippen LogP contribution in [-0.4, -0.2) is 27.1 Å². The van der Waals surface area contributed by atoms with Crippen molar-refractivity contribution in [1.82, 2.24) is 4.98 Å². The summed E-state index contributed by atoms with van der Waals surface area (Å²) < 4.78 is 1.44. The van der Waals surface area contributed by atoms with E-state index < -0.39 is 18.0 Å². The largest absolute Gasteiger partial charge is 1.00 e. The van der Waals surface area contributed by atoms with Crippen LogP contribution in [0.2, 0.25) is 0 Å². The first kappa shape index (κ1) is 13.6. The second-order valence-corrected chi connectivity index (χ2v) is 2.85. The molecule has 0 fully saturated rings. The Morgan fingerprint density at radius 2 is 2.07 bits per heavy atom. The van der Waals surface area contributed by atoms with E-state index in [0.29, 0.717) is 0 Å². The minimum atomic E-state index is -1.03. The molecule has 1 aromatic heterocycles. The predicted octanol–water partition coefficient (Wildman–Crippen LogP) is -3.20. The number of carboxylic acid groups (broad SMARTS) is 2. The number of aliphatic carboxylic acids is 2. The number of hydrogen-bond donors (Lipinski definition) is 3. The van der Waals surface area contributed by atoms with Crippen LogP contribution in [-0.2, 0) is 9.59 Å². The van der Waals surface area contributed by atoms with E-state index in [4.69, 9.17) is 10.2 Å². The Morgan fingerprint density at radius 1 is 1.40 bits per heavy atom. The molecule has 0 saturated heterocycles. The molecule has 0 aromatic carbocycles. The molecule has 3 N–H and O–H groups in total. The van der Waals surface area contributed by atoms with Gasteiger partial charge in [-0.15, -0.1) is 0 Å². The molecule has 0 spiro atoms. The van der Waals surface area contributed by atoms with Gasteiger partial charge in [-0.25, -0.2) is 9.36 Å². The molecule has 1 aromatic rings. The molecule has 7 heteroatoms. The fourth-order valence-electron chi connectivity index (χ4n) is 1.16. The van der Waals surface area contributed by atoms with Crippen molar-refractivity contribution < 1.29 is 41.4 Å². The molecule has 1 heterocycles. The van der Waals surface area contributed by atoms with E-state index in [-0.39, 0.29) is 29.8 Å². The molecule has 0 saturated carbocycles. The summed E-state index contributed by atoms with van der Waals surface area (Å²) in [7, 11) is 0. The van der Waals surface area contributed by atoms with E-state index in [0.717, 1.165) is 0 Å². The molecule has 0 aliphatic heterocycles.